The zero-order valence-corrected chi connectivity index (χ0v) is 12.0. The number of rotatable bonds is 4. The van der Waals surface area contributed by atoms with Gasteiger partial charge in [0.05, 0.1) is 12.8 Å². The topological polar surface area (TPSA) is 73.2 Å². The van der Waals surface area contributed by atoms with Crippen LogP contribution >= 0.6 is 11.3 Å². The van der Waals surface area contributed by atoms with Crippen molar-refractivity contribution in [2.75, 3.05) is 12.4 Å². The Morgan fingerprint density at radius 1 is 1.41 bits per heavy atom. The highest BCUT2D eigenvalue weighted by Gasteiger charge is 2.33. The van der Waals surface area contributed by atoms with Crippen LogP contribution in [0.2, 0.25) is 0 Å². The average molecular weight is 333 g/mol. The molecule has 2 aromatic rings. The number of alkyl halides is 3. The molecule has 2 heterocycles. The average Bonchev–Trinajstić information content (AvgIpc) is 3.06. The van der Waals surface area contributed by atoms with E-state index in [0.29, 0.717) is 0 Å². The summed E-state index contributed by atoms with van der Waals surface area (Å²) in [6.07, 6.45) is -3.51. The Labute approximate surface area is 126 Å². The third-order valence-corrected chi connectivity index (χ3v) is 3.44. The summed E-state index contributed by atoms with van der Waals surface area (Å²) in [7, 11) is 1.20. The maximum Gasteiger partial charge on any atom is 0.435 e. The van der Waals surface area contributed by atoms with E-state index in [4.69, 9.17) is 0 Å². The van der Waals surface area contributed by atoms with Gasteiger partial charge in [0.1, 0.15) is 11.4 Å². The second-order valence-electron chi connectivity index (χ2n) is 4.10. The van der Waals surface area contributed by atoms with E-state index in [-0.39, 0.29) is 10.6 Å². The molecule has 118 valence electrons. The highest BCUT2D eigenvalue weighted by Crippen LogP contribution is 2.27. The third-order valence-electron chi connectivity index (χ3n) is 2.55. The zero-order valence-electron chi connectivity index (χ0n) is 11.2. The number of aromatic nitrogens is 2. The van der Waals surface area contributed by atoms with Gasteiger partial charge in [0.2, 0.25) is 5.91 Å². The quantitative estimate of drug-likeness (QED) is 0.872. The molecule has 0 aromatic carbocycles. The maximum absolute atomic E-state index is 12.4. The minimum absolute atomic E-state index is 0.201. The van der Waals surface area contributed by atoms with Gasteiger partial charge in [-0.2, -0.15) is 18.3 Å². The molecule has 0 saturated carbocycles. The molecule has 1 N–H and O–H groups in total. The molecule has 0 aliphatic rings. The number of nitrogens with one attached hydrogen (secondary N) is 1. The zero-order chi connectivity index (χ0) is 16.3. The molecule has 22 heavy (non-hydrogen) atoms. The van der Waals surface area contributed by atoms with Crippen molar-refractivity contribution in [1.82, 2.24) is 9.78 Å². The number of hydrogen-bond acceptors (Lipinski definition) is 5. The van der Waals surface area contributed by atoms with Gasteiger partial charge in [-0.25, -0.2) is 4.79 Å². The van der Waals surface area contributed by atoms with Gasteiger partial charge >= 0.3 is 12.1 Å². The molecule has 1 amide bonds. The fourth-order valence-corrected chi connectivity index (χ4v) is 2.36. The lowest BCUT2D eigenvalue weighted by Crippen LogP contribution is -2.20. The maximum atomic E-state index is 12.4. The number of methoxy groups -OCH3 is 1. The number of thiophene rings is 1. The first-order valence-corrected chi connectivity index (χ1v) is 6.75. The van der Waals surface area contributed by atoms with Crippen LogP contribution in [0, 0.1) is 0 Å². The van der Waals surface area contributed by atoms with Crippen molar-refractivity contribution in [3.63, 3.8) is 0 Å². The van der Waals surface area contributed by atoms with E-state index < -0.39 is 30.3 Å². The highest BCUT2D eigenvalue weighted by atomic mass is 32.1. The Morgan fingerprint density at radius 3 is 2.73 bits per heavy atom. The summed E-state index contributed by atoms with van der Waals surface area (Å²) in [6.45, 7) is -0.410. The van der Waals surface area contributed by atoms with E-state index in [0.717, 1.165) is 28.3 Å². The Morgan fingerprint density at radius 2 is 2.14 bits per heavy atom. The minimum atomic E-state index is -4.56. The normalized spacial score (nSPS) is 11.3. The number of esters is 1. The number of ether oxygens (including phenoxy) is 1. The molecule has 0 aliphatic heterocycles. The summed E-state index contributed by atoms with van der Waals surface area (Å²) < 4.78 is 42.6. The number of nitrogens with zero attached hydrogens (tertiary/aromatic N) is 2. The van der Waals surface area contributed by atoms with Gasteiger partial charge in [0.25, 0.3) is 0 Å². The molecule has 2 rings (SSSR count). The summed E-state index contributed by atoms with van der Waals surface area (Å²) in [5.74, 6) is -1.22. The third kappa shape index (κ3) is 3.64. The molecule has 0 aliphatic carbocycles. The lowest BCUT2D eigenvalue weighted by molar-refractivity contribution is -0.141. The van der Waals surface area contributed by atoms with E-state index in [2.05, 4.69) is 15.2 Å². The number of carbonyl (C=O) groups is 2. The Hall–Kier alpha value is -2.36. The molecule has 0 bridgehead atoms. The molecular formula is C12H10F3N3O3S. The van der Waals surface area contributed by atoms with Crippen LogP contribution in [0.1, 0.15) is 15.4 Å². The number of hydrogen-bond donors (Lipinski definition) is 1. The summed E-state index contributed by atoms with van der Waals surface area (Å²) in [5.41, 5.74) is -0.837. The lowest BCUT2D eigenvalue weighted by Gasteiger charge is -2.06. The van der Waals surface area contributed by atoms with Crippen molar-refractivity contribution < 1.29 is 27.5 Å². The molecule has 0 radical (unpaired) electrons. The fraction of sp³-hybridized carbons (Fsp3) is 0.250. The summed E-state index contributed by atoms with van der Waals surface area (Å²) in [6, 6.07) is 2.27. The summed E-state index contributed by atoms with van der Waals surface area (Å²) in [5, 5.41) is 7.28. The van der Waals surface area contributed by atoms with Gasteiger partial charge in [-0.1, -0.05) is 0 Å². The van der Waals surface area contributed by atoms with Gasteiger partial charge in [-0.05, 0) is 17.5 Å². The molecule has 2 aromatic heterocycles. The summed E-state index contributed by atoms with van der Waals surface area (Å²) >= 11 is 1.08. The Balaban J connectivity index is 2.03. The van der Waals surface area contributed by atoms with Crippen LogP contribution in [0.4, 0.5) is 18.9 Å². The van der Waals surface area contributed by atoms with Crippen molar-refractivity contribution in [3.8, 4) is 0 Å². The van der Waals surface area contributed by atoms with E-state index in [1.807, 2.05) is 0 Å². The van der Waals surface area contributed by atoms with Crippen LogP contribution < -0.4 is 5.32 Å². The van der Waals surface area contributed by atoms with Crippen molar-refractivity contribution in [2.24, 2.45) is 0 Å². The van der Waals surface area contributed by atoms with Gasteiger partial charge in [-0.3, -0.25) is 9.48 Å². The molecule has 0 unspecified atom stereocenters. The number of anilines is 1. The highest BCUT2D eigenvalue weighted by molar-refractivity contribution is 7.12. The van der Waals surface area contributed by atoms with Gasteiger partial charge in [0, 0.05) is 6.20 Å². The molecule has 0 fully saturated rings. The van der Waals surface area contributed by atoms with Crippen LogP contribution in [-0.4, -0.2) is 28.8 Å². The van der Waals surface area contributed by atoms with Crippen LogP contribution in [0.3, 0.4) is 0 Å². The van der Waals surface area contributed by atoms with Crippen molar-refractivity contribution in [1.29, 1.82) is 0 Å². The van der Waals surface area contributed by atoms with Crippen LogP contribution in [0.15, 0.2) is 23.7 Å². The van der Waals surface area contributed by atoms with Gasteiger partial charge < -0.3 is 10.1 Å². The standard InChI is InChI=1S/C12H10F3N3O3S/c1-21-11(20)10-7(3-5-22-10)16-9(19)6-18-4-2-8(17-18)12(13,14)15/h2-5H,6H2,1H3,(H,16,19). The van der Waals surface area contributed by atoms with Gasteiger partial charge in [-0.15, -0.1) is 11.3 Å². The largest absolute Gasteiger partial charge is 0.465 e. The second-order valence-corrected chi connectivity index (χ2v) is 5.02. The summed E-state index contributed by atoms with van der Waals surface area (Å²) in [4.78, 5) is 23.4. The lowest BCUT2D eigenvalue weighted by atomic mass is 10.3. The number of amides is 1. The number of halogens is 3. The first kappa shape index (κ1) is 16.0. The molecule has 0 saturated heterocycles. The molecular weight excluding hydrogens is 323 g/mol. The molecule has 10 heteroatoms. The minimum Gasteiger partial charge on any atom is -0.465 e. The second kappa shape index (κ2) is 6.18. The predicted octanol–water partition coefficient (Wildman–Crippen LogP) is 2.39. The predicted molar refractivity (Wildman–Crippen MR) is 71.5 cm³/mol. The van der Waals surface area contributed by atoms with E-state index in [1.165, 1.54) is 13.2 Å². The van der Waals surface area contributed by atoms with Crippen LogP contribution in [-0.2, 0) is 22.3 Å². The van der Waals surface area contributed by atoms with E-state index in [9.17, 15) is 22.8 Å². The number of carbonyl (C=O) groups excluding carboxylic acids is 2. The first-order valence-electron chi connectivity index (χ1n) is 5.87. The molecule has 0 spiro atoms. The SMILES string of the molecule is COC(=O)c1sccc1NC(=O)Cn1ccc(C(F)(F)F)n1. The Bertz CT molecular complexity index is 693. The first-order chi connectivity index (χ1) is 10.3. The smallest absolute Gasteiger partial charge is 0.435 e. The van der Waals surface area contributed by atoms with E-state index >= 15 is 0 Å². The van der Waals surface area contributed by atoms with Crippen LogP contribution in [0.5, 0.6) is 0 Å². The fourth-order valence-electron chi connectivity index (χ4n) is 1.60. The van der Waals surface area contributed by atoms with Crippen LogP contribution in [0.25, 0.3) is 0 Å². The monoisotopic (exact) mass is 333 g/mol. The van der Waals surface area contributed by atoms with Gasteiger partial charge in [0.15, 0.2) is 5.69 Å². The van der Waals surface area contributed by atoms with Crippen molar-refractivity contribution in [2.45, 2.75) is 12.7 Å². The van der Waals surface area contributed by atoms with Crippen molar-refractivity contribution in [3.05, 3.63) is 34.3 Å². The Kier molecular flexibility index (Phi) is 4.50. The van der Waals surface area contributed by atoms with E-state index in [1.54, 1.807) is 5.38 Å². The molecule has 0 atom stereocenters. The van der Waals surface area contributed by atoms with Crippen molar-refractivity contribution >= 4 is 28.9 Å². The molecule has 6 nitrogen and oxygen atoms in total.